The fourth-order valence-corrected chi connectivity index (χ4v) is 4.08. The van der Waals surface area contributed by atoms with Crippen LogP contribution in [0.3, 0.4) is 0 Å². The van der Waals surface area contributed by atoms with Crippen molar-refractivity contribution < 1.29 is 14.3 Å². The van der Waals surface area contributed by atoms with E-state index in [1.807, 2.05) is 22.4 Å². The molecule has 1 amide bonds. The Labute approximate surface area is 150 Å². The van der Waals surface area contributed by atoms with Crippen molar-refractivity contribution in [1.82, 2.24) is 14.9 Å². The summed E-state index contributed by atoms with van der Waals surface area (Å²) in [5, 5.41) is 2.77. The zero-order valence-corrected chi connectivity index (χ0v) is 14.8. The maximum absolute atomic E-state index is 12.7. The molecule has 0 spiro atoms. The third-order valence-electron chi connectivity index (χ3n) is 4.61. The van der Waals surface area contributed by atoms with Crippen LogP contribution in [-0.2, 0) is 16.1 Å². The highest BCUT2D eigenvalue weighted by Crippen LogP contribution is 2.31. The first-order valence-corrected chi connectivity index (χ1v) is 9.54. The van der Waals surface area contributed by atoms with Gasteiger partial charge in [-0.1, -0.05) is 0 Å². The second-order valence-corrected chi connectivity index (χ2v) is 7.29. The number of ether oxygens (including phenoxy) is 2. The fourth-order valence-electron chi connectivity index (χ4n) is 3.21. The average Bonchev–Trinajstić information content (AvgIpc) is 3.41. The summed E-state index contributed by atoms with van der Waals surface area (Å²) in [6.07, 6.45) is 6.59. The van der Waals surface area contributed by atoms with Crippen molar-refractivity contribution in [3.63, 3.8) is 0 Å². The Morgan fingerprint density at radius 3 is 3.04 bits per heavy atom. The van der Waals surface area contributed by atoms with Crippen molar-refractivity contribution in [2.45, 2.75) is 38.1 Å². The molecule has 0 N–H and O–H groups in total. The fraction of sp³-hybridized carbons (Fsp3) is 0.500. The number of pyridine rings is 1. The van der Waals surface area contributed by atoms with Gasteiger partial charge in [0.2, 0.25) is 0 Å². The number of carbonyl (C=O) groups is 1. The largest absolute Gasteiger partial charge is 0.372 e. The lowest BCUT2D eigenvalue weighted by molar-refractivity contribution is 0.0436. The van der Waals surface area contributed by atoms with Crippen LogP contribution < -0.4 is 0 Å². The number of thiazole rings is 1. The number of nitrogens with zero attached hydrogens (tertiary/aromatic N) is 3. The molecule has 4 rings (SSSR count). The van der Waals surface area contributed by atoms with Crippen LogP contribution in [0.25, 0.3) is 0 Å². The standard InChI is InChI=1S/C18H21N3O3S/c22-18(15-12-25-17(20-15)16-2-1-9-23-16)21-8-5-14(10-21)24-11-13-3-6-19-7-4-13/h3-4,6-7,12,14,16H,1-2,5,8-11H2/t14-,16-/m0/s1. The minimum atomic E-state index is -0.00416. The maximum Gasteiger partial charge on any atom is 0.273 e. The number of hydrogen-bond acceptors (Lipinski definition) is 6. The molecule has 2 aliphatic heterocycles. The van der Waals surface area contributed by atoms with Gasteiger partial charge in [-0.05, 0) is 37.0 Å². The third-order valence-corrected chi connectivity index (χ3v) is 5.55. The van der Waals surface area contributed by atoms with Crippen LogP contribution in [0.15, 0.2) is 29.9 Å². The first-order valence-electron chi connectivity index (χ1n) is 8.66. The Bertz CT molecular complexity index is 715. The van der Waals surface area contributed by atoms with E-state index < -0.39 is 0 Å². The highest BCUT2D eigenvalue weighted by atomic mass is 32.1. The van der Waals surface area contributed by atoms with Gasteiger partial charge in [0.15, 0.2) is 0 Å². The summed E-state index contributed by atoms with van der Waals surface area (Å²) in [7, 11) is 0. The predicted octanol–water partition coefficient (Wildman–Crippen LogP) is 2.82. The Balaban J connectivity index is 1.31. The van der Waals surface area contributed by atoms with Crippen LogP contribution in [0, 0.1) is 0 Å². The highest BCUT2D eigenvalue weighted by molar-refractivity contribution is 7.09. The van der Waals surface area contributed by atoms with Crippen LogP contribution >= 0.6 is 11.3 Å². The second kappa shape index (κ2) is 7.59. The molecule has 0 radical (unpaired) electrons. The van der Waals surface area contributed by atoms with E-state index in [-0.39, 0.29) is 18.1 Å². The molecule has 2 aliphatic rings. The molecule has 4 heterocycles. The van der Waals surface area contributed by atoms with Gasteiger partial charge in [0.05, 0.1) is 12.7 Å². The summed E-state index contributed by atoms with van der Waals surface area (Å²) in [6, 6.07) is 3.89. The van der Waals surface area contributed by atoms with Crippen molar-refractivity contribution in [2.24, 2.45) is 0 Å². The summed E-state index contributed by atoms with van der Waals surface area (Å²) in [5.41, 5.74) is 1.63. The van der Waals surface area contributed by atoms with Gasteiger partial charge < -0.3 is 14.4 Å². The molecule has 2 atom stereocenters. The Morgan fingerprint density at radius 1 is 1.36 bits per heavy atom. The molecule has 0 unspecified atom stereocenters. The van der Waals surface area contributed by atoms with Crippen molar-refractivity contribution in [2.75, 3.05) is 19.7 Å². The SMILES string of the molecule is O=C(c1csc([C@@H]2CCCO2)n1)N1CC[C@H](OCc2ccncc2)C1. The number of carbonyl (C=O) groups excluding carboxylic acids is 1. The van der Waals surface area contributed by atoms with Crippen LogP contribution in [0.5, 0.6) is 0 Å². The van der Waals surface area contributed by atoms with Crippen LogP contribution in [0.2, 0.25) is 0 Å². The summed E-state index contributed by atoms with van der Waals surface area (Å²) in [5.74, 6) is -0.00416. The normalized spacial score (nSPS) is 23.3. The molecule has 25 heavy (non-hydrogen) atoms. The molecule has 0 saturated carbocycles. The van der Waals surface area contributed by atoms with Gasteiger partial charge >= 0.3 is 0 Å². The number of rotatable bonds is 5. The first-order chi connectivity index (χ1) is 12.3. The monoisotopic (exact) mass is 359 g/mol. The third kappa shape index (κ3) is 3.89. The zero-order chi connectivity index (χ0) is 17.1. The number of amides is 1. The van der Waals surface area contributed by atoms with Crippen LogP contribution in [-0.4, -0.2) is 46.6 Å². The topological polar surface area (TPSA) is 64.5 Å². The van der Waals surface area contributed by atoms with Crippen LogP contribution in [0.1, 0.15) is 46.4 Å². The molecule has 2 fully saturated rings. The molecule has 0 aromatic carbocycles. The van der Waals surface area contributed by atoms with E-state index in [1.54, 1.807) is 12.4 Å². The number of hydrogen-bond donors (Lipinski definition) is 0. The van der Waals surface area contributed by atoms with E-state index in [1.165, 1.54) is 11.3 Å². The molecule has 2 saturated heterocycles. The van der Waals surface area contributed by atoms with Gasteiger partial charge in [0.25, 0.3) is 5.91 Å². The van der Waals surface area contributed by atoms with E-state index in [0.29, 0.717) is 25.4 Å². The maximum atomic E-state index is 12.7. The van der Waals surface area contributed by atoms with Crippen molar-refractivity contribution in [3.8, 4) is 0 Å². The quantitative estimate of drug-likeness (QED) is 0.821. The molecule has 7 heteroatoms. The van der Waals surface area contributed by atoms with Crippen molar-refractivity contribution in [3.05, 3.63) is 46.2 Å². The lowest BCUT2D eigenvalue weighted by Crippen LogP contribution is -2.30. The average molecular weight is 359 g/mol. The second-order valence-electron chi connectivity index (χ2n) is 6.40. The molecule has 0 aliphatic carbocycles. The van der Waals surface area contributed by atoms with Gasteiger partial charge in [-0.15, -0.1) is 11.3 Å². The molecular formula is C18H21N3O3S. The Morgan fingerprint density at radius 2 is 2.24 bits per heavy atom. The van der Waals surface area contributed by atoms with Crippen molar-refractivity contribution >= 4 is 17.2 Å². The Hall–Kier alpha value is -1.83. The van der Waals surface area contributed by atoms with Gasteiger partial charge in [0.1, 0.15) is 16.8 Å². The smallest absolute Gasteiger partial charge is 0.273 e. The molecular weight excluding hydrogens is 338 g/mol. The van der Waals surface area contributed by atoms with E-state index in [2.05, 4.69) is 9.97 Å². The summed E-state index contributed by atoms with van der Waals surface area (Å²) in [4.78, 5) is 23.0. The lowest BCUT2D eigenvalue weighted by Gasteiger charge is -2.15. The minimum Gasteiger partial charge on any atom is -0.372 e. The van der Waals surface area contributed by atoms with Gasteiger partial charge in [-0.25, -0.2) is 4.98 Å². The van der Waals surface area contributed by atoms with Crippen LogP contribution in [0.4, 0.5) is 0 Å². The van der Waals surface area contributed by atoms with Gasteiger partial charge in [-0.2, -0.15) is 0 Å². The van der Waals surface area contributed by atoms with E-state index in [0.717, 1.165) is 36.4 Å². The number of aromatic nitrogens is 2. The first kappa shape index (κ1) is 16.6. The summed E-state index contributed by atoms with van der Waals surface area (Å²) < 4.78 is 11.6. The predicted molar refractivity (Wildman–Crippen MR) is 93.4 cm³/mol. The Kier molecular flexibility index (Phi) is 5.05. The van der Waals surface area contributed by atoms with Gasteiger partial charge in [0, 0.05) is 37.5 Å². The minimum absolute atomic E-state index is 0.00416. The summed E-state index contributed by atoms with van der Waals surface area (Å²) >= 11 is 1.52. The van der Waals surface area contributed by atoms with E-state index in [4.69, 9.17) is 9.47 Å². The molecule has 0 bridgehead atoms. The van der Waals surface area contributed by atoms with E-state index in [9.17, 15) is 4.79 Å². The molecule has 132 valence electrons. The lowest BCUT2D eigenvalue weighted by atomic mass is 10.2. The molecule has 2 aromatic rings. The van der Waals surface area contributed by atoms with Gasteiger partial charge in [-0.3, -0.25) is 9.78 Å². The molecule has 2 aromatic heterocycles. The number of likely N-dealkylation sites (tertiary alicyclic amines) is 1. The zero-order valence-electron chi connectivity index (χ0n) is 14.0. The van der Waals surface area contributed by atoms with E-state index >= 15 is 0 Å². The highest BCUT2D eigenvalue weighted by Gasteiger charge is 2.30. The summed E-state index contributed by atoms with van der Waals surface area (Å²) in [6.45, 7) is 2.68. The van der Waals surface area contributed by atoms with Crippen molar-refractivity contribution in [1.29, 1.82) is 0 Å². The molecule has 6 nitrogen and oxygen atoms in total.